The fraction of sp³-hybridized carbons (Fsp3) is 0.333. The predicted molar refractivity (Wildman–Crippen MR) is 104 cm³/mol. The number of rotatable bonds is 5. The number of methoxy groups -OCH3 is 2. The molecule has 10 heteroatoms. The maximum absolute atomic E-state index is 14.0. The molecule has 1 saturated heterocycles. The van der Waals surface area contributed by atoms with E-state index in [0.717, 1.165) is 5.56 Å². The molecule has 7 nitrogen and oxygen atoms in total. The highest BCUT2D eigenvalue weighted by Crippen LogP contribution is 2.45. The number of alkyl halides is 3. The van der Waals surface area contributed by atoms with Crippen LogP contribution in [0, 0.1) is 12.8 Å². The lowest BCUT2D eigenvalue weighted by Gasteiger charge is -2.45. The maximum atomic E-state index is 14.0. The van der Waals surface area contributed by atoms with Crippen LogP contribution >= 0.6 is 0 Å². The average Bonchev–Trinajstić information content (AvgIpc) is 2.72. The first kappa shape index (κ1) is 22.4. The molecule has 2 aromatic rings. The standard InChI is InChI=1S/C21H21F3N2O5/c1-11-4-6-12(7-5-11)18(27)16-17(13-8-9-14(30-2)15(10-13)31-3)25-19(28)26-20(16,29)21(22,23)24/h4-10,16-17,29H,1-3H3,(H2,25,26,28)/t16-,17+,20+/m0/s1. The van der Waals surface area contributed by atoms with Crippen LogP contribution in [-0.4, -0.2) is 43.0 Å². The number of ketones is 1. The van der Waals surface area contributed by atoms with Crippen LogP contribution in [0.2, 0.25) is 0 Å². The van der Waals surface area contributed by atoms with Gasteiger partial charge < -0.3 is 25.2 Å². The van der Waals surface area contributed by atoms with Gasteiger partial charge in [0.15, 0.2) is 17.3 Å². The van der Waals surface area contributed by atoms with Crippen LogP contribution in [0.3, 0.4) is 0 Å². The van der Waals surface area contributed by atoms with E-state index in [2.05, 4.69) is 5.32 Å². The Balaban J connectivity index is 2.18. The van der Waals surface area contributed by atoms with Gasteiger partial charge in [0, 0.05) is 5.56 Å². The normalized spacial score (nSPS) is 23.5. The summed E-state index contributed by atoms with van der Waals surface area (Å²) in [5, 5.41) is 14.4. The summed E-state index contributed by atoms with van der Waals surface area (Å²) in [6, 6.07) is 7.28. The molecule has 31 heavy (non-hydrogen) atoms. The molecule has 3 atom stereocenters. The number of benzene rings is 2. The Morgan fingerprint density at radius 1 is 1.06 bits per heavy atom. The zero-order chi connectivity index (χ0) is 23.0. The molecule has 0 bridgehead atoms. The number of carbonyl (C=O) groups excluding carboxylic acids is 2. The van der Waals surface area contributed by atoms with Crippen molar-refractivity contribution >= 4 is 11.8 Å². The van der Waals surface area contributed by atoms with Crippen LogP contribution < -0.4 is 20.1 Å². The second-order valence-electron chi connectivity index (χ2n) is 7.16. The number of hydrogen-bond donors (Lipinski definition) is 3. The molecule has 3 N–H and O–H groups in total. The summed E-state index contributed by atoms with van der Waals surface area (Å²) in [5.74, 6) is -2.62. The quantitative estimate of drug-likeness (QED) is 0.624. The van der Waals surface area contributed by atoms with Crippen molar-refractivity contribution in [3.63, 3.8) is 0 Å². The highest BCUT2D eigenvalue weighted by molar-refractivity contribution is 6.00. The molecule has 0 spiro atoms. The van der Waals surface area contributed by atoms with Crippen molar-refractivity contribution in [2.75, 3.05) is 14.2 Å². The number of nitrogens with one attached hydrogen (secondary N) is 2. The van der Waals surface area contributed by atoms with E-state index >= 15 is 0 Å². The number of aliphatic hydroxyl groups is 1. The third kappa shape index (κ3) is 4.02. The minimum Gasteiger partial charge on any atom is -0.493 e. The summed E-state index contributed by atoms with van der Waals surface area (Å²) in [5.41, 5.74) is -2.91. The van der Waals surface area contributed by atoms with Crippen molar-refractivity contribution in [3.05, 3.63) is 59.2 Å². The maximum Gasteiger partial charge on any atom is 0.437 e. The van der Waals surface area contributed by atoms with Crippen molar-refractivity contribution in [3.8, 4) is 11.5 Å². The Kier molecular flexibility index (Phi) is 5.86. The third-order valence-electron chi connectivity index (χ3n) is 5.19. The number of urea groups is 1. The molecule has 166 valence electrons. The zero-order valence-corrected chi connectivity index (χ0v) is 16.9. The largest absolute Gasteiger partial charge is 0.493 e. The molecule has 3 rings (SSSR count). The average molecular weight is 438 g/mol. The Labute approximate surface area is 176 Å². The summed E-state index contributed by atoms with van der Waals surface area (Å²) < 4.78 is 52.2. The Hall–Kier alpha value is -3.27. The van der Waals surface area contributed by atoms with Gasteiger partial charge in [-0.2, -0.15) is 13.2 Å². The van der Waals surface area contributed by atoms with Crippen LogP contribution in [0.25, 0.3) is 0 Å². The monoisotopic (exact) mass is 438 g/mol. The zero-order valence-electron chi connectivity index (χ0n) is 16.9. The Morgan fingerprint density at radius 3 is 2.23 bits per heavy atom. The molecule has 0 aliphatic carbocycles. The van der Waals surface area contributed by atoms with Crippen molar-refractivity contribution in [1.29, 1.82) is 0 Å². The number of amides is 2. The number of carbonyl (C=O) groups is 2. The van der Waals surface area contributed by atoms with Gasteiger partial charge in [0.05, 0.1) is 20.3 Å². The second-order valence-corrected chi connectivity index (χ2v) is 7.16. The number of ether oxygens (including phenoxy) is 2. The van der Waals surface area contributed by atoms with Gasteiger partial charge in [-0.15, -0.1) is 0 Å². The first-order valence-corrected chi connectivity index (χ1v) is 9.22. The van der Waals surface area contributed by atoms with E-state index in [4.69, 9.17) is 9.47 Å². The number of aryl methyl sites for hydroxylation is 1. The minimum absolute atomic E-state index is 0.0401. The van der Waals surface area contributed by atoms with E-state index in [1.165, 1.54) is 49.9 Å². The lowest BCUT2D eigenvalue weighted by atomic mass is 9.77. The highest BCUT2D eigenvalue weighted by Gasteiger charge is 2.66. The molecular weight excluding hydrogens is 417 g/mol. The van der Waals surface area contributed by atoms with Gasteiger partial charge in [-0.05, 0) is 24.6 Å². The summed E-state index contributed by atoms with van der Waals surface area (Å²) in [6.45, 7) is 1.76. The molecule has 1 aliphatic heterocycles. The fourth-order valence-electron chi connectivity index (χ4n) is 3.56. The van der Waals surface area contributed by atoms with Gasteiger partial charge in [-0.1, -0.05) is 35.9 Å². The lowest BCUT2D eigenvalue weighted by Crippen LogP contribution is -2.72. The van der Waals surface area contributed by atoms with Crippen molar-refractivity contribution in [1.82, 2.24) is 10.6 Å². The van der Waals surface area contributed by atoms with Gasteiger partial charge >= 0.3 is 12.2 Å². The van der Waals surface area contributed by atoms with Crippen LogP contribution in [0.5, 0.6) is 11.5 Å². The SMILES string of the molecule is COc1ccc([C@H]2NC(=O)N[C@](O)(C(F)(F)F)[C@@H]2C(=O)c2ccc(C)cc2)cc1OC. The van der Waals surface area contributed by atoms with E-state index < -0.39 is 35.7 Å². The summed E-state index contributed by atoms with van der Waals surface area (Å²) >= 11 is 0. The Morgan fingerprint density at radius 2 is 1.68 bits per heavy atom. The molecule has 1 fully saturated rings. The third-order valence-corrected chi connectivity index (χ3v) is 5.19. The summed E-state index contributed by atoms with van der Waals surface area (Å²) in [4.78, 5) is 25.3. The molecule has 0 radical (unpaired) electrons. The van der Waals surface area contributed by atoms with Crippen molar-refractivity contribution < 1.29 is 37.3 Å². The van der Waals surface area contributed by atoms with E-state index in [1.54, 1.807) is 19.1 Å². The van der Waals surface area contributed by atoms with E-state index in [1.807, 2.05) is 0 Å². The fourth-order valence-corrected chi connectivity index (χ4v) is 3.56. The number of Topliss-reactive ketones (excluding diaryl/α,β-unsaturated/α-hetero) is 1. The second kappa shape index (κ2) is 8.10. The van der Waals surface area contributed by atoms with Gasteiger partial charge in [0.1, 0.15) is 5.92 Å². The molecular formula is C21H21F3N2O5. The molecule has 2 aromatic carbocycles. The first-order chi connectivity index (χ1) is 14.5. The van der Waals surface area contributed by atoms with Gasteiger partial charge in [0.2, 0.25) is 5.72 Å². The molecule has 1 aliphatic rings. The van der Waals surface area contributed by atoms with E-state index in [-0.39, 0.29) is 16.9 Å². The van der Waals surface area contributed by atoms with Crippen LogP contribution in [0.1, 0.15) is 27.5 Å². The number of halogens is 3. The lowest BCUT2D eigenvalue weighted by molar-refractivity contribution is -0.287. The van der Waals surface area contributed by atoms with E-state index in [9.17, 15) is 27.9 Å². The first-order valence-electron chi connectivity index (χ1n) is 9.22. The number of hydrogen-bond acceptors (Lipinski definition) is 5. The van der Waals surface area contributed by atoms with Gasteiger partial charge in [0.25, 0.3) is 0 Å². The van der Waals surface area contributed by atoms with Crippen LogP contribution in [-0.2, 0) is 0 Å². The molecule has 0 aromatic heterocycles. The Bertz CT molecular complexity index is 993. The van der Waals surface area contributed by atoms with Crippen LogP contribution in [0.4, 0.5) is 18.0 Å². The molecule has 0 saturated carbocycles. The molecule has 2 amide bonds. The van der Waals surface area contributed by atoms with Crippen LogP contribution in [0.15, 0.2) is 42.5 Å². The van der Waals surface area contributed by atoms with E-state index in [0.29, 0.717) is 5.75 Å². The topological polar surface area (TPSA) is 96.9 Å². The highest BCUT2D eigenvalue weighted by atomic mass is 19.4. The molecule has 1 heterocycles. The smallest absolute Gasteiger partial charge is 0.437 e. The summed E-state index contributed by atoms with van der Waals surface area (Å²) in [6.07, 6.45) is -5.33. The molecule has 0 unspecified atom stereocenters. The van der Waals surface area contributed by atoms with Gasteiger partial charge in [-0.3, -0.25) is 4.79 Å². The predicted octanol–water partition coefficient (Wildman–Crippen LogP) is 3.12. The minimum atomic E-state index is -5.33. The van der Waals surface area contributed by atoms with Crippen molar-refractivity contribution in [2.45, 2.75) is 24.9 Å². The summed E-state index contributed by atoms with van der Waals surface area (Å²) in [7, 11) is 2.72. The van der Waals surface area contributed by atoms with Crippen molar-refractivity contribution in [2.24, 2.45) is 5.92 Å². The van der Waals surface area contributed by atoms with Gasteiger partial charge in [-0.25, -0.2) is 4.79 Å².